The number of amides is 2. The van der Waals surface area contributed by atoms with Crippen LogP contribution in [0.1, 0.15) is 76.4 Å². The highest BCUT2D eigenvalue weighted by atomic mass is 16.6. The molecule has 2 heterocycles. The first-order valence-electron chi connectivity index (χ1n) is 13.0. The maximum Gasteiger partial charge on any atom is 0.435 e. The molecule has 208 valence electrons. The summed E-state index contributed by atoms with van der Waals surface area (Å²) in [6.45, 7) is 11.9. The zero-order chi connectivity index (χ0) is 28.5. The number of carbonyl (C=O) groups excluding carboxylic acids is 3. The van der Waals surface area contributed by atoms with Crippen molar-refractivity contribution in [1.82, 2.24) is 14.7 Å². The number of phenolic OH excluding ortho intramolecular Hbond substituents is 1. The van der Waals surface area contributed by atoms with Crippen molar-refractivity contribution in [2.45, 2.75) is 71.5 Å². The third-order valence-corrected chi connectivity index (χ3v) is 6.22. The van der Waals surface area contributed by atoms with E-state index in [9.17, 15) is 19.5 Å². The third-order valence-electron chi connectivity index (χ3n) is 6.22. The van der Waals surface area contributed by atoms with Crippen LogP contribution in [0.5, 0.6) is 5.75 Å². The summed E-state index contributed by atoms with van der Waals surface area (Å²) in [5.41, 5.74) is 0.498. The first-order valence-corrected chi connectivity index (χ1v) is 13.0. The molecule has 0 aliphatic carbocycles. The summed E-state index contributed by atoms with van der Waals surface area (Å²) in [6.07, 6.45) is 0.348. The average molecular weight is 537 g/mol. The second-order valence-corrected chi connectivity index (χ2v) is 11.7. The molecule has 39 heavy (non-hydrogen) atoms. The number of anilines is 1. The highest BCUT2D eigenvalue weighted by molar-refractivity contribution is 6.07. The number of para-hydroxylation sites is 1. The van der Waals surface area contributed by atoms with Gasteiger partial charge in [0.1, 0.15) is 17.0 Å². The number of phenols is 1. The van der Waals surface area contributed by atoms with E-state index in [1.807, 2.05) is 26.8 Å². The van der Waals surface area contributed by atoms with Gasteiger partial charge in [-0.15, -0.1) is 0 Å². The van der Waals surface area contributed by atoms with E-state index >= 15 is 0 Å². The Kier molecular flexibility index (Phi) is 7.59. The van der Waals surface area contributed by atoms with Crippen molar-refractivity contribution < 1.29 is 29.0 Å². The quantitative estimate of drug-likeness (QED) is 0.428. The normalized spacial score (nSPS) is 14.8. The van der Waals surface area contributed by atoms with Gasteiger partial charge in [0, 0.05) is 30.1 Å². The number of ether oxygens (including phenoxy) is 2. The molecule has 0 atom stereocenters. The summed E-state index contributed by atoms with van der Waals surface area (Å²) >= 11 is 0. The summed E-state index contributed by atoms with van der Waals surface area (Å²) < 4.78 is 12.3. The number of hydrogen-bond acceptors (Lipinski definition) is 7. The molecule has 2 aromatic carbocycles. The molecule has 0 spiro atoms. The average Bonchev–Trinajstić information content (AvgIpc) is 3.21. The minimum Gasteiger partial charge on any atom is -0.507 e. The number of fused-ring (bicyclic) bond motifs is 1. The van der Waals surface area contributed by atoms with Crippen LogP contribution < -0.4 is 5.32 Å². The molecule has 1 aromatic heterocycles. The molecule has 4 rings (SSSR count). The van der Waals surface area contributed by atoms with Gasteiger partial charge in [-0.3, -0.25) is 4.79 Å². The molecule has 10 heteroatoms. The van der Waals surface area contributed by atoms with Crippen LogP contribution in [-0.4, -0.2) is 62.2 Å². The van der Waals surface area contributed by atoms with Crippen LogP contribution in [0.2, 0.25) is 0 Å². The molecule has 0 saturated carbocycles. The maximum absolute atomic E-state index is 13.1. The fourth-order valence-electron chi connectivity index (χ4n) is 4.49. The van der Waals surface area contributed by atoms with Crippen molar-refractivity contribution in [3.63, 3.8) is 0 Å². The SMILES string of the molecule is CC(C)(C)OC(=O)N1CCC(c2nn(C(=O)OC(C)(C)C)c3cc(NC(=O)c4ccccc4O)ccc23)CC1. The van der Waals surface area contributed by atoms with Crippen LogP contribution in [0.25, 0.3) is 10.9 Å². The second kappa shape index (κ2) is 10.6. The Balaban J connectivity index is 1.63. The van der Waals surface area contributed by atoms with Crippen LogP contribution in [0.4, 0.5) is 15.3 Å². The van der Waals surface area contributed by atoms with Crippen molar-refractivity contribution in [2.75, 3.05) is 18.4 Å². The Morgan fingerprint density at radius 3 is 2.15 bits per heavy atom. The van der Waals surface area contributed by atoms with E-state index in [1.165, 1.54) is 16.8 Å². The third kappa shape index (κ3) is 6.68. The topological polar surface area (TPSA) is 123 Å². The van der Waals surface area contributed by atoms with Gasteiger partial charge in [-0.25, -0.2) is 9.59 Å². The minimum atomic E-state index is -0.731. The fraction of sp³-hybridized carbons (Fsp3) is 0.448. The molecular weight excluding hydrogens is 500 g/mol. The molecule has 0 bridgehead atoms. The number of nitrogens with zero attached hydrogens (tertiary/aromatic N) is 3. The van der Waals surface area contributed by atoms with E-state index in [1.54, 1.807) is 49.9 Å². The molecule has 2 amide bonds. The zero-order valence-corrected chi connectivity index (χ0v) is 23.3. The van der Waals surface area contributed by atoms with Gasteiger partial charge in [-0.05, 0) is 84.7 Å². The predicted octanol–water partition coefficient (Wildman–Crippen LogP) is 5.89. The minimum absolute atomic E-state index is 0.0107. The van der Waals surface area contributed by atoms with Gasteiger partial charge in [0.25, 0.3) is 5.91 Å². The number of nitrogens with one attached hydrogen (secondary N) is 1. The highest BCUT2D eigenvalue weighted by Crippen LogP contribution is 2.34. The number of piperidine rings is 1. The molecule has 0 radical (unpaired) electrons. The number of carbonyl (C=O) groups is 3. The van der Waals surface area contributed by atoms with Gasteiger partial charge in [-0.1, -0.05) is 12.1 Å². The molecule has 3 aromatic rings. The van der Waals surface area contributed by atoms with E-state index in [-0.39, 0.29) is 23.3 Å². The lowest BCUT2D eigenvalue weighted by Gasteiger charge is -2.33. The number of likely N-dealkylation sites (tertiary alicyclic amines) is 1. The van der Waals surface area contributed by atoms with Crippen molar-refractivity contribution in [3.8, 4) is 5.75 Å². The lowest BCUT2D eigenvalue weighted by atomic mass is 9.92. The maximum atomic E-state index is 13.1. The zero-order valence-electron chi connectivity index (χ0n) is 23.3. The molecule has 2 N–H and O–H groups in total. The summed E-state index contributed by atoms with van der Waals surface area (Å²) in [7, 11) is 0. The van der Waals surface area contributed by atoms with Crippen LogP contribution in [0.15, 0.2) is 42.5 Å². The number of rotatable bonds is 3. The number of aromatic hydroxyl groups is 1. The van der Waals surface area contributed by atoms with Crippen molar-refractivity contribution in [3.05, 3.63) is 53.7 Å². The Bertz CT molecular complexity index is 1390. The summed E-state index contributed by atoms with van der Waals surface area (Å²) in [6, 6.07) is 11.5. The first kappa shape index (κ1) is 27.9. The molecule has 0 unspecified atom stereocenters. The molecule has 1 aliphatic rings. The van der Waals surface area contributed by atoms with E-state index < -0.39 is 23.2 Å². The Morgan fingerprint density at radius 2 is 1.54 bits per heavy atom. The van der Waals surface area contributed by atoms with Gasteiger partial charge >= 0.3 is 12.2 Å². The van der Waals surface area contributed by atoms with Crippen LogP contribution in [-0.2, 0) is 9.47 Å². The Morgan fingerprint density at radius 1 is 0.923 bits per heavy atom. The lowest BCUT2D eigenvalue weighted by Crippen LogP contribution is -2.41. The summed E-state index contributed by atoms with van der Waals surface area (Å²) in [5, 5.41) is 18.3. The van der Waals surface area contributed by atoms with Crippen LogP contribution in [0.3, 0.4) is 0 Å². The van der Waals surface area contributed by atoms with Crippen molar-refractivity contribution in [1.29, 1.82) is 0 Å². The van der Waals surface area contributed by atoms with Gasteiger partial charge in [0.2, 0.25) is 0 Å². The first-order chi connectivity index (χ1) is 18.2. The molecular formula is C29H36N4O6. The second-order valence-electron chi connectivity index (χ2n) is 11.7. The van der Waals surface area contributed by atoms with Gasteiger partial charge in [-0.2, -0.15) is 9.78 Å². The van der Waals surface area contributed by atoms with Crippen LogP contribution >= 0.6 is 0 Å². The fourth-order valence-corrected chi connectivity index (χ4v) is 4.49. The van der Waals surface area contributed by atoms with Gasteiger partial charge < -0.3 is 24.8 Å². The van der Waals surface area contributed by atoms with Crippen LogP contribution in [0, 0.1) is 0 Å². The van der Waals surface area contributed by atoms with Gasteiger partial charge in [0.15, 0.2) is 0 Å². The largest absolute Gasteiger partial charge is 0.507 e. The van der Waals surface area contributed by atoms with Crippen molar-refractivity contribution in [2.24, 2.45) is 0 Å². The molecule has 1 saturated heterocycles. The molecule has 10 nitrogen and oxygen atoms in total. The summed E-state index contributed by atoms with van der Waals surface area (Å²) in [5.74, 6) is -0.600. The number of benzene rings is 2. The smallest absolute Gasteiger partial charge is 0.435 e. The summed E-state index contributed by atoms with van der Waals surface area (Å²) in [4.78, 5) is 40.1. The van der Waals surface area contributed by atoms with E-state index in [2.05, 4.69) is 10.4 Å². The monoisotopic (exact) mass is 536 g/mol. The Hall–Kier alpha value is -4.08. The standard InChI is InChI=1S/C29H36N4O6/c1-28(2,3)38-26(36)32-15-13-18(14-16-32)24-20-12-11-19(30-25(35)21-9-7-8-10-23(21)34)17-22(20)33(31-24)27(37)39-29(4,5)6/h7-12,17-18,34H,13-16H2,1-6H3,(H,30,35). The van der Waals surface area contributed by atoms with Crippen molar-refractivity contribution >= 4 is 34.7 Å². The van der Waals surface area contributed by atoms with E-state index in [0.29, 0.717) is 37.1 Å². The Labute approximate surface area is 227 Å². The lowest BCUT2D eigenvalue weighted by molar-refractivity contribution is 0.0204. The van der Waals surface area contributed by atoms with E-state index in [0.717, 1.165) is 11.1 Å². The van der Waals surface area contributed by atoms with E-state index in [4.69, 9.17) is 9.47 Å². The molecule has 1 aliphatic heterocycles. The number of aromatic nitrogens is 2. The predicted molar refractivity (Wildman–Crippen MR) is 147 cm³/mol. The highest BCUT2D eigenvalue weighted by Gasteiger charge is 2.31. The van der Waals surface area contributed by atoms with Gasteiger partial charge in [0.05, 0.1) is 16.8 Å². The number of hydrogen-bond donors (Lipinski definition) is 2. The molecule has 1 fully saturated rings.